The summed E-state index contributed by atoms with van der Waals surface area (Å²) in [5.74, 6) is -0.316. The lowest BCUT2D eigenvalue weighted by molar-refractivity contribution is 0.603. The molecule has 0 saturated carbocycles. The molecule has 0 radical (unpaired) electrons. The highest BCUT2D eigenvalue weighted by Crippen LogP contribution is 2.30. The summed E-state index contributed by atoms with van der Waals surface area (Å²) in [5.41, 5.74) is 14.3. The van der Waals surface area contributed by atoms with Crippen molar-refractivity contribution in [3.63, 3.8) is 0 Å². The van der Waals surface area contributed by atoms with Gasteiger partial charge in [0.25, 0.3) is 0 Å². The van der Waals surface area contributed by atoms with Gasteiger partial charge in [0.15, 0.2) is 0 Å². The number of nitrogens with zero attached hydrogens (tertiary/aromatic N) is 1. The molecule has 90 valence electrons. The quantitative estimate of drug-likeness (QED) is 0.741. The zero-order valence-electron chi connectivity index (χ0n) is 9.84. The standard InChI is InChI=1S/C12H15FN4/c1-3-9(15)10-6(2)11(13)7(4-14)12-8(10)5-16-17-12/h3,5H,4,14-15H2,1-2H3,(H,16,17)/b9-3-. The molecule has 0 unspecified atom stereocenters. The molecule has 17 heavy (non-hydrogen) atoms. The van der Waals surface area contributed by atoms with Gasteiger partial charge in [0.05, 0.1) is 11.7 Å². The molecule has 1 aromatic carbocycles. The normalized spacial score (nSPS) is 12.4. The summed E-state index contributed by atoms with van der Waals surface area (Å²) >= 11 is 0. The molecule has 5 heteroatoms. The van der Waals surface area contributed by atoms with Crippen molar-refractivity contribution in [2.45, 2.75) is 20.4 Å². The highest BCUT2D eigenvalue weighted by Gasteiger charge is 2.18. The van der Waals surface area contributed by atoms with E-state index in [4.69, 9.17) is 11.5 Å². The van der Waals surface area contributed by atoms with Crippen molar-refractivity contribution in [3.05, 3.63) is 34.8 Å². The fourth-order valence-electron chi connectivity index (χ4n) is 2.06. The number of hydrogen-bond acceptors (Lipinski definition) is 3. The van der Waals surface area contributed by atoms with Crippen LogP contribution in [-0.4, -0.2) is 10.2 Å². The first-order chi connectivity index (χ1) is 8.11. The summed E-state index contributed by atoms with van der Waals surface area (Å²) in [4.78, 5) is 0. The van der Waals surface area contributed by atoms with E-state index in [2.05, 4.69) is 10.2 Å². The van der Waals surface area contributed by atoms with Crippen LogP contribution >= 0.6 is 0 Å². The Morgan fingerprint density at radius 1 is 1.59 bits per heavy atom. The lowest BCUT2D eigenvalue weighted by Crippen LogP contribution is -2.07. The second kappa shape index (κ2) is 4.18. The second-order valence-electron chi connectivity index (χ2n) is 3.90. The molecular weight excluding hydrogens is 219 g/mol. The Morgan fingerprint density at radius 2 is 2.29 bits per heavy atom. The Kier molecular flexibility index (Phi) is 2.85. The zero-order chi connectivity index (χ0) is 12.6. The second-order valence-corrected chi connectivity index (χ2v) is 3.90. The van der Waals surface area contributed by atoms with Gasteiger partial charge in [-0.15, -0.1) is 0 Å². The van der Waals surface area contributed by atoms with Gasteiger partial charge in [-0.2, -0.15) is 5.10 Å². The molecule has 0 bridgehead atoms. The van der Waals surface area contributed by atoms with Gasteiger partial charge >= 0.3 is 0 Å². The molecule has 0 aliphatic rings. The number of allylic oxidation sites excluding steroid dienone is 1. The molecule has 1 heterocycles. The number of fused-ring (bicyclic) bond motifs is 1. The first-order valence-electron chi connectivity index (χ1n) is 5.38. The number of aromatic nitrogens is 2. The van der Waals surface area contributed by atoms with Gasteiger partial charge in [-0.3, -0.25) is 5.10 Å². The van der Waals surface area contributed by atoms with Gasteiger partial charge in [0, 0.05) is 28.8 Å². The smallest absolute Gasteiger partial charge is 0.133 e. The van der Waals surface area contributed by atoms with Crippen LogP contribution < -0.4 is 11.5 Å². The van der Waals surface area contributed by atoms with Crippen LogP contribution in [0.3, 0.4) is 0 Å². The minimum Gasteiger partial charge on any atom is -0.398 e. The van der Waals surface area contributed by atoms with E-state index in [0.717, 1.165) is 5.39 Å². The molecule has 2 aromatic rings. The van der Waals surface area contributed by atoms with E-state index in [1.165, 1.54) is 0 Å². The van der Waals surface area contributed by atoms with Gasteiger partial charge < -0.3 is 11.5 Å². The summed E-state index contributed by atoms with van der Waals surface area (Å²) < 4.78 is 14.2. The minimum absolute atomic E-state index is 0.126. The average Bonchev–Trinajstić information content (AvgIpc) is 2.78. The number of halogens is 1. The number of nitrogens with one attached hydrogen (secondary N) is 1. The largest absolute Gasteiger partial charge is 0.398 e. The molecule has 0 atom stereocenters. The Balaban J connectivity index is 2.94. The van der Waals surface area contributed by atoms with Crippen molar-refractivity contribution in [1.82, 2.24) is 10.2 Å². The van der Waals surface area contributed by atoms with E-state index in [0.29, 0.717) is 27.9 Å². The first-order valence-corrected chi connectivity index (χ1v) is 5.38. The third kappa shape index (κ3) is 1.59. The molecule has 0 saturated heterocycles. The molecule has 0 aliphatic heterocycles. The summed E-state index contributed by atoms with van der Waals surface area (Å²) in [6, 6.07) is 0. The molecule has 0 amide bonds. The van der Waals surface area contributed by atoms with E-state index >= 15 is 0 Å². The van der Waals surface area contributed by atoms with Crippen molar-refractivity contribution >= 4 is 16.6 Å². The van der Waals surface area contributed by atoms with E-state index in [1.54, 1.807) is 19.2 Å². The Labute approximate surface area is 98.5 Å². The fraction of sp³-hybridized carbons (Fsp3) is 0.250. The lowest BCUT2D eigenvalue weighted by Gasteiger charge is -2.12. The molecule has 0 spiro atoms. The fourth-order valence-corrected chi connectivity index (χ4v) is 2.06. The predicted octanol–water partition coefficient (Wildman–Crippen LogP) is 1.79. The molecular formula is C12H15FN4. The van der Waals surface area contributed by atoms with Crippen LogP contribution in [0.15, 0.2) is 12.3 Å². The lowest BCUT2D eigenvalue weighted by atomic mass is 9.97. The third-order valence-electron chi connectivity index (χ3n) is 2.98. The number of hydrogen-bond donors (Lipinski definition) is 3. The average molecular weight is 234 g/mol. The van der Waals surface area contributed by atoms with E-state index in [-0.39, 0.29) is 12.4 Å². The van der Waals surface area contributed by atoms with Crippen molar-refractivity contribution < 1.29 is 4.39 Å². The molecule has 1 aromatic heterocycles. The molecule has 4 nitrogen and oxygen atoms in total. The van der Waals surface area contributed by atoms with E-state index < -0.39 is 0 Å². The Morgan fingerprint density at radius 3 is 2.88 bits per heavy atom. The number of rotatable bonds is 2. The van der Waals surface area contributed by atoms with Gasteiger partial charge in [-0.1, -0.05) is 6.08 Å². The summed E-state index contributed by atoms with van der Waals surface area (Å²) in [6.07, 6.45) is 3.39. The van der Waals surface area contributed by atoms with Crippen molar-refractivity contribution in [2.24, 2.45) is 11.5 Å². The maximum Gasteiger partial charge on any atom is 0.133 e. The van der Waals surface area contributed by atoms with E-state index in [9.17, 15) is 4.39 Å². The molecule has 2 rings (SSSR count). The monoisotopic (exact) mass is 234 g/mol. The van der Waals surface area contributed by atoms with Gasteiger partial charge in [0.1, 0.15) is 5.82 Å². The SMILES string of the molecule is C/C=C(\N)c1c(C)c(F)c(CN)c2[nH]ncc12. The van der Waals surface area contributed by atoms with Crippen LogP contribution in [0.25, 0.3) is 16.6 Å². The maximum atomic E-state index is 14.2. The minimum atomic E-state index is -0.316. The molecule has 0 fully saturated rings. The topological polar surface area (TPSA) is 80.7 Å². The predicted molar refractivity (Wildman–Crippen MR) is 66.5 cm³/mol. The highest BCUT2D eigenvalue weighted by atomic mass is 19.1. The first kappa shape index (κ1) is 11.6. The highest BCUT2D eigenvalue weighted by molar-refractivity contribution is 5.94. The maximum absolute atomic E-state index is 14.2. The van der Waals surface area contributed by atoms with Gasteiger partial charge in [-0.25, -0.2) is 4.39 Å². The Bertz CT molecular complexity index is 598. The number of aromatic amines is 1. The molecule has 0 aliphatic carbocycles. The van der Waals surface area contributed by atoms with Crippen LogP contribution in [-0.2, 0) is 6.54 Å². The van der Waals surface area contributed by atoms with Crippen LogP contribution in [0, 0.1) is 12.7 Å². The van der Waals surface area contributed by atoms with E-state index in [1.807, 2.05) is 6.92 Å². The van der Waals surface area contributed by atoms with Crippen LogP contribution in [0.5, 0.6) is 0 Å². The third-order valence-corrected chi connectivity index (χ3v) is 2.98. The van der Waals surface area contributed by atoms with Crippen molar-refractivity contribution in [1.29, 1.82) is 0 Å². The molecule has 5 N–H and O–H groups in total. The van der Waals surface area contributed by atoms with Crippen LogP contribution in [0.2, 0.25) is 0 Å². The number of H-pyrrole nitrogens is 1. The van der Waals surface area contributed by atoms with Gasteiger partial charge in [-0.05, 0) is 19.4 Å². The van der Waals surface area contributed by atoms with Gasteiger partial charge in [0.2, 0.25) is 0 Å². The van der Waals surface area contributed by atoms with Crippen LogP contribution in [0.4, 0.5) is 4.39 Å². The summed E-state index contributed by atoms with van der Waals surface area (Å²) in [5, 5.41) is 7.52. The van der Waals surface area contributed by atoms with Crippen molar-refractivity contribution in [2.75, 3.05) is 0 Å². The summed E-state index contributed by atoms with van der Waals surface area (Å²) in [6.45, 7) is 3.64. The Hall–Kier alpha value is -1.88. The zero-order valence-corrected chi connectivity index (χ0v) is 9.84. The van der Waals surface area contributed by atoms with Crippen molar-refractivity contribution in [3.8, 4) is 0 Å². The summed E-state index contributed by atoms with van der Waals surface area (Å²) in [7, 11) is 0. The van der Waals surface area contributed by atoms with Crippen LogP contribution in [0.1, 0.15) is 23.6 Å². The number of nitrogens with two attached hydrogens (primary N) is 2. The number of benzene rings is 1.